The SMILES string of the molecule is COc1cc(F)ccc1Nc1ccc(C)cc1C#N. The Hall–Kier alpha value is -2.54. The fourth-order valence-electron chi connectivity index (χ4n) is 1.77. The number of aryl methyl sites for hydroxylation is 1. The van der Waals surface area contributed by atoms with Crippen LogP contribution in [0.1, 0.15) is 11.1 Å². The minimum Gasteiger partial charge on any atom is -0.494 e. The lowest BCUT2D eigenvalue weighted by Crippen LogP contribution is -1.97. The molecule has 0 radical (unpaired) electrons. The lowest BCUT2D eigenvalue weighted by molar-refractivity contribution is 0.413. The highest BCUT2D eigenvalue weighted by Gasteiger charge is 2.08. The van der Waals surface area contributed by atoms with Crippen LogP contribution in [0.5, 0.6) is 5.75 Å². The van der Waals surface area contributed by atoms with Crippen molar-refractivity contribution in [2.24, 2.45) is 0 Å². The van der Waals surface area contributed by atoms with E-state index in [9.17, 15) is 4.39 Å². The summed E-state index contributed by atoms with van der Waals surface area (Å²) in [6.07, 6.45) is 0. The molecule has 0 unspecified atom stereocenters. The average molecular weight is 256 g/mol. The molecule has 0 aliphatic carbocycles. The van der Waals surface area contributed by atoms with Gasteiger partial charge in [-0.15, -0.1) is 0 Å². The zero-order valence-electron chi connectivity index (χ0n) is 10.7. The Morgan fingerprint density at radius 2 is 1.89 bits per heavy atom. The van der Waals surface area contributed by atoms with E-state index in [1.54, 1.807) is 12.1 Å². The van der Waals surface area contributed by atoms with Crippen LogP contribution < -0.4 is 10.1 Å². The number of nitriles is 1. The molecule has 0 atom stereocenters. The molecule has 0 aromatic heterocycles. The molecule has 0 aliphatic rings. The van der Waals surface area contributed by atoms with Gasteiger partial charge in [0.15, 0.2) is 0 Å². The van der Waals surface area contributed by atoms with Crippen molar-refractivity contribution in [1.29, 1.82) is 5.26 Å². The molecule has 2 rings (SSSR count). The van der Waals surface area contributed by atoms with Crippen LogP contribution in [0.25, 0.3) is 0 Å². The second-order valence-electron chi connectivity index (χ2n) is 4.13. The van der Waals surface area contributed by atoms with Crippen molar-refractivity contribution in [3.8, 4) is 11.8 Å². The van der Waals surface area contributed by atoms with Gasteiger partial charge in [0.1, 0.15) is 17.6 Å². The van der Waals surface area contributed by atoms with E-state index in [0.717, 1.165) is 5.56 Å². The number of anilines is 2. The Bertz CT molecular complexity index is 647. The molecule has 1 N–H and O–H groups in total. The molecule has 2 aromatic rings. The number of nitrogens with zero attached hydrogens (tertiary/aromatic N) is 1. The van der Waals surface area contributed by atoms with E-state index in [2.05, 4.69) is 11.4 Å². The Labute approximate surface area is 111 Å². The van der Waals surface area contributed by atoms with Crippen molar-refractivity contribution in [2.75, 3.05) is 12.4 Å². The van der Waals surface area contributed by atoms with Crippen LogP contribution in [0.3, 0.4) is 0 Å². The number of ether oxygens (including phenoxy) is 1. The Morgan fingerprint density at radius 3 is 2.58 bits per heavy atom. The van der Waals surface area contributed by atoms with E-state index < -0.39 is 0 Å². The molecule has 0 saturated carbocycles. The maximum Gasteiger partial charge on any atom is 0.145 e. The highest BCUT2D eigenvalue weighted by Crippen LogP contribution is 2.29. The monoisotopic (exact) mass is 256 g/mol. The van der Waals surface area contributed by atoms with E-state index in [-0.39, 0.29) is 5.82 Å². The third-order valence-corrected chi connectivity index (χ3v) is 2.73. The van der Waals surface area contributed by atoms with Gasteiger partial charge in [-0.25, -0.2) is 4.39 Å². The van der Waals surface area contributed by atoms with Gasteiger partial charge in [-0.05, 0) is 36.8 Å². The van der Waals surface area contributed by atoms with Crippen LogP contribution in [0, 0.1) is 24.1 Å². The number of rotatable bonds is 3. The zero-order valence-corrected chi connectivity index (χ0v) is 10.7. The number of hydrogen-bond acceptors (Lipinski definition) is 3. The molecule has 0 bridgehead atoms. The smallest absolute Gasteiger partial charge is 0.145 e. The summed E-state index contributed by atoms with van der Waals surface area (Å²) in [5, 5.41) is 12.2. The van der Waals surface area contributed by atoms with Crippen LogP contribution >= 0.6 is 0 Å². The highest BCUT2D eigenvalue weighted by atomic mass is 19.1. The molecule has 4 heteroatoms. The number of hydrogen-bond donors (Lipinski definition) is 1. The van der Waals surface area contributed by atoms with Crippen molar-refractivity contribution in [3.05, 3.63) is 53.3 Å². The summed E-state index contributed by atoms with van der Waals surface area (Å²) in [6.45, 7) is 1.92. The Balaban J connectivity index is 2.39. The quantitative estimate of drug-likeness (QED) is 0.909. The molecule has 0 saturated heterocycles. The fourth-order valence-corrected chi connectivity index (χ4v) is 1.77. The molecule has 96 valence electrons. The second kappa shape index (κ2) is 5.40. The largest absolute Gasteiger partial charge is 0.494 e. The predicted octanol–water partition coefficient (Wildman–Crippen LogP) is 3.76. The molecule has 19 heavy (non-hydrogen) atoms. The summed E-state index contributed by atoms with van der Waals surface area (Å²) in [5.41, 5.74) is 2.82. The second-order valence-corrected chi connectivity index (χ2v) is 4.13. The summed E-state index contributed by atoms with van der Waals surface area (Å²) in [6, 6.07) is 11.8. The maximum absolute atomic E-state index is 13.1. The molecule has 0 heterocycles. The van der Waals surface area contributed by atoms with Gasteiger partial charge >= 0.3 is 0 Å². The van der Waals surface area contributed by atoms with E-state index >= 15 is 0 Å². The van der Waals surface area contributed by atoms with Crippen LogP contribution in [0.15, 0.2) is 36.4 Å². The van der Waals surface area contributed by atoms with E-state index in [1.165, 1.54) is 19.2 Å². The minimum atomic E-state index is -0.369. The van der Waals surface area contributed by atoms with E-state index in [0.29, 0.717) is 22.7 Å². The molecule has 0 amide bonds. The first-order chi connectivity index (χ1) is 9.13. The third-order valence-electron chi connectivity index (χ3n) is 2.73. The first-order valence-electron chi connectivity index (χ1n) is 5.75. The summed E-state index contributed by atoms with van der Waals surface area (Å²) in [5.74, 6) is 0.0243. The molecular formula is C15H13FN2O. The minimum absolute atomic E-state index is 0.369. The summed E-state index contributed by atoms with van der Waals surface area (Å²) in [7, 11) is 1.47. The lowest BCUT2D eigenvalue weighted by atomic mass is 10.1. The van der Waals surface area contributed by atoms with Crippen LogP contribution in [-0.4, -0.2) is 7.11 Å². The lowest BCUT2D eigenvalue weighted by Gasteiger charge is -2.12. The van der Waals surface area contributed by atoms with Gasteiger partial charge < -0.3 is 10.1 Å². The standard InChI is InChI=1S/C15H13FN2O/c1-10-3-5-13(11(7-10)9-17)18-14-6-4-12(16)8-15(14)19-2/h3-8,18H,1-2H3. The van der Waals surface area contributed by atoms with Gasteiger partial charge in [-0.2, -0.15) is 5.26 Å². The van der Waals surface area contributed by atoms with Crippen LogP contribution in [-0.2, 0) is 0 Å². The van der Waals surface area contributed by atoms with Gasteiger partial charge in [0.05, 0.1) is 24.0 Å². The molecule has 0 spiro atoms. The number of halogens is 1. The highest BCUT2D eigenvalue weighted by molar-refractivity contribution is 5.71. The van der Waals surface area contributed by atoms with Crippen molar-refractivity contribution < 1.29 is 9.13 Å². The first kappa shape index (κ1) is 12.9. The van der Waals surface area contributed by atoms with Gasteiger partial charge in [0, 0.05) is 6.07 Å². The van der Waals surface area contributed by atoms with Gasteiger partial charge in [0.2, 0.25) is 0 Å². The summed E-state index contributed by atoms with van der Waals surface area (Å²) < 4.78 is 18.2. The number of nitrogens with one attached hydrogen (secondary N) is 1. The summed E-state index contributed by atoms with van der Waals surface area (Å²) >= 11 is 0. The number of methoxy groups -OCH3 is 1. The van der Waals surface area contributed by atoms with E-state index in [1.807, 2.05) is 19.1 Å². The van der Waals surface area contributed by atoms with Crippen LogP contribution in [0.2, 0.25) is 0 Å². The van der Waals surface area contributed by atoms with Crippen molar-refractivity contribution >= 4 is 11.4 Å². The predicted molar refractivity (Wildman–Crippen MR) is 72.1 cm³/mol. The third kappa shape index (κ3) is 2.83. The van der Waals surface area contributed by atoms with Gasteiger partial charge in [0.25, 0.3) is 0 Å². The topological polar surface area (TPSA) is 45.0 Å². The molecule has 0 aliphatic heterocycles. The fraction of sp³-hybridized carbons (Fsp3) is 0.133. The van der Waals surface area contributed by atoms with Gasteiger partial charge in [-0.3, -0.25) is 0 Å². The molecule has 2 aromatic carbocycles. The van der Waals surface area contributed by atoms with Crippen LogP contribution in [0.4, 0.5) is 15.8 Å². The van der Waals surface area contributed by atoms with Gasteiger partial charge in [-0.1, -0.05) is 6.07 Å². The van der Waals surface area contributed by atoms with Crippen molar-refractivity contribution in [3.63, 3.8) is 0 Å². The van der Waals surface area contributed by atoms with Crippen molar-refractivity contribution in [1.82, 2.24) is 0 Å². The average Bonchev–Trinajstić information content (AvgIpc) is 2.42. The normalized spacial score (nSPS) is 9.79. The summed E-state index contributed by atoms with van der Waals surface area (Å²) in [4.78, 5) is 0. The van der Waals surface area contributed by atoms with Crippen molar-refractivity contribution in [2.45, 2.75) is 6.92 Å². The molecule has 0 fully saturated rings. The number of benzene rings is 2. The molecular weight excluding hydrogens is 243 g/mol. The molecule has 3 nitrogen and oxygen atoms in total. The Morgan fingerprint density at radius 1 is 1.16 bits per heavy atom. The zero-order chi connectivity index (χ0) is 13.8. The maximum atomic E-state index is 13.1. The van der Waals surface area contributed by atoms with E-state index in [4.69, 9.17) is 10.00 Å². The first-order valence-corrected chi connectivity index (χ1v) is 5.75. The Kier molecular flexibility index (Phi) is 3.67.